The van der Waals surface area contributed by atoms with E-state index in [1.165, 1.54) is 13.2 Å². The van der Waals surface area contributed by atoms with Gasteiger partial charge in [-0.05, 0) is 23.8 Å². The van der Waals surface area contributed by atoms with Crippen LogP contribution < -0.4 is 0 Å². The molecule has 0 aliphatic rings. The van der Waals surface area contributed by atoms with Crippen molar-refractivity contribution < 1.29 is 9.53 Å². The first-order chi connectivity index (χ1) is 7.17. The van der Waals surface area contributed by atoms with E-state index < -0.39 is 5.97 Å². The van der Waals surface area contributed by atoms with Gasteiger partial charge in [0.1, 0.15) is 11.6 Å². The normalized spacial score (nSPS) is 10.6. The molecule has 15 heavy (non-hydrogen) atoms. The average Bonchev–Trinajstić information content (AvgIpc) is 2.25. The van der Waals surface area contributed by atoms with Crippen LogP contribution in [0.1, 0.15) is 5.56 Å². The summed E-state index contributed by atoms with van der Waals surface area (Å²) in [6, 6.07) is 9.08. The summed E-state index contributed by atoms with van der Waals surface area (Å²) >= 11 is 3.30. The molecule has 0 saturated carbocycles. The van der Waals surface area contributed by atoms with Crippen molar-refractivity contribution in [2.45, 2.75) is 0 Å². The minimum Gasteiger partial charge on any atom is -0.465 e. The molecule has 0 bridgehead atoms. The van der Waals surface area contributed by atoms with Crippen LogP contribution in [0.4, 0.5) is 0 Å². The molecule has 0 fully saturated rings. The van der Waals surface area contributed by atoms with Gasteiger partial charge in [-0.15, -0.1) is 0 Å². The van der Waals surface area contributed by atoms with Gasteiger partial charge < -0.3 is 4.74 Å². The number of nitrogens with zero attached hydrogens (tertiary/aromatic N) is 1. The molecule has 0 heterocycles. The predicted octanol–water partition coefficient (Wildman–Crippen LogP) is 2.53. The molecule has 0 N–H and O–H groups in total. The Kier molecular flexibility index (Phi) is 4.07. The van der Waals surface area contributed by atoms with Crippen molar-refractivity contribution in [3.63, 3.8) is 0 Å². The smallest absolute Gasteiger partial charge is 0.348 e. The van der Waals surface area contributed by atoms with Crippen LogP contribution in [0.2, 0.25) is 0 Å². The molecule has 0 saturated heterocycles. The van der Waals surface area contributed by atoms with Crippen molar-refractivity contribution in [3.8, 4) is 6.07 Å². The number of benzene rings is 1. The minimum absolute atomic E-state index is 0.0180. The number of carbonyl (C=O) groups excluding carboxylic acids is 1. The number of esters is 1. The van der Waals surface area contributed by atoms with Crippen LogP contribution >= 0.6 is 15.9 Å². The summed E-state index contributed by atoms with van der Waals surface area (Å²) in [4.78, 5) is 11.1. The molecule has 0 aromatic heterocycles. The first-order valence-corrected chi connectivity index (χ1v) is 4.92. The third kappa shape index (κ3) is 3.22. The third-order valence-electron chi connectivity index (χ3n) is 1.69. The molecule has 0 atom stereocenters. The van der Waals surface area contributed by atoms with Crippen LogP contribution in [0.15, 0.2) is 34.3 Å². The van der Waals surface area contributed by atoms with E-state index in [2.05, 4.69) is 20.7 Å². The highest BCUT2D eigenvalue weighted by molar-refractivity contribution is 9.10. The van der Waals surface area contributed by atoms with Crippen LogP contribution in [-0.2, 0) is 9.53 Å². The number of rotatable bonds is 2. The molecule has 1 rings (SSSR count). The monoisotopic (exact) mass is 265 g/mol. The second-order valence-corrected chi connectivity index (χ2v) is 3.63. The molecular weight excluding hydrogens is 258 g/mol. The van der Waals surface area contributed by atoms with Crippen molar-refractivity contribution in [2.24, 2.45) is 0 Å². The van der Waals surface area contributed by atoms with Crippen molar-refractivity contribution in [3.05, 3.63) is 39.9 Å². The predicted molar refractivity (Wildman–Crippen MR) is 59.7 cm³/mol. The van der Waals surface area contributed by atoms with Gasteiger partial charge in [-0.25, -0.2) is 4.79 Å². The molecule has 76 valence electrons. The Bertz CT molecular complexity index is 446. The summed E-state index contributed by atoms with van der Waals surface area (Å²) in [6.45, 7) is 0. The first-order valence-electron chi connectivity index (χ1n) is 4.13. The lowest BCUT2D eigenvalue weighted by Gasteiger charge is -1.97. The Morgan fingerprint density at radius 3 is 2.87 bits per heavy atom. The second kappa shape index (κ2) is 5.32. The standard InChI is InChI=1S/C11H8BrNO2/c1-15-11(14)9(7-13)5-8-3-2-4-10(12)6-8/h2-6H,1H3. The van der Waals surface area contributed by atoms with Crippen LogP contribution in [0.25, 0.3) is 6.08 Å². The van der Waals surface area contributed by atoms with E-state index in [0.717, 1.165) is 10.0 Å². The highest BCUT2D eigenvalue weighted by Crippen LogP contribution is 2.14. The van der Waals surface area contributed by atoms with Gasteiger partial charge in [0, 0.05) is 4.47 Å². The molecule has 0 radical (unpaired) electrons. The molecule has 0 unspecified atom stereocenters. The lowest BCUT2D eigenvalue weighted by Crippen LogP contribution is -2.02. The molecule has 3 nitrogen and oxygen atoms in total. The number of nitriles is 1. The fraction of sp³-hybridized carbons (Fsp3) is 0.0909. The third-order valence-corrected chi connectivity index (χ3v) is 2.18. The van der Waals surface area contributed by atoms with Gasteiger partial charge >= 0.3 is 5.97 Å². The summed E-state index contributed by atoms with van der Waals surface area (Å²) in [7, 11) is 1.24. The lowest BCUT2D eigenvalue weighted by atomic mass is 10.1. The Morgan fingerprint density at radius 1 is 1.60 bits per heavy atom. The number of hydrogen-bond acceptors (Lipinski definition) is 3. The van der Waals surface area contributed by atoms with Crippen molar-refractivity contribution >= 4 is 28.0 Å². The van der Waals surface area contributed by atoms with Gasteiger partial charge in [0.05, 0.1) is 7.11 Å². The maximum absolute atomic E-state index is 11.1. The average molecular weight is 266 g/mol. The minimum atomic E-state index is -0.627. The van der Waals surface area contributed by atoms with Crippen LogP contribution in [0.5, 0.6) is 0 Å². The summed E-state index contributed by atoms with van der Waals surface area (Å²) < 4.78 is 5.35. The van der Waals surface area contributed by atoms with Gasteiger partial charge in [0.2, 0.25) is 0 Å². The van der Waals surface area contributed by atoms with E-state index in [1.54, 1.807) is 18.2 Å². The second-order valence-electron chi connectivity index (χ2n) is 2.72. The Balaban J connectivity index is 3.05. The molecule has 4 heteroatoms. The zero-order valence-corrected chi connectivity index (χ0v) is 9.61. The van der Waals surface area contributed by atoms with Gasteiger partial charge in [-0.3, -0.25) is 0 Å². The fourth-order valence-electron chi connectivity index (χ4n) is 1.01. The van der Waals surface area contributed by atoms with E-state index in [0.29, 0.717) is 0 Å². The quantitative estimate of drug-likeness (QED) is 0.469. The molecule has 0 amide bonds. The zero-order valence-electron chi connectivity index (χ0n) is 8.03. The van der Waals surface area contributed by atoms with E-state index >= 15 is 0 Å². The van der Waals surface area contributed by atoms with E-state index in [1.807, 2.05) is 12.1 Å². The number of halogens is 1. The summed E-state index contributed by atoms with van der Waals surface area (Å²) in [5.74, 6) is -0.627. The highest BCUT2D eigenvalue weighted by Gasteiger charge is 2.07. The molecule has 1 aromatic carbocycles. The van der Waals surface area contributed by atoms with Crippen LogP contribution in [0, 0.1) is 11.3 Å². The topological polar surface area (TPSA) is 50.1 Å². The van der Waals surface area contributed by atoms with E-state index in [-0.39, 0.29) is 5.57 Å². The first kappa shape index (κ1) is 11.5. The molecule has 0 spiro atoms. The van der Waals surface area contributed by atoms with E-state index in [4.69, 9.17) is 5.26 Å². The Morgan fingerprint density at radius 2 is 2.33 bits per heavy atom. The summed E-state index contributed by atoms with van der Waals surface area (Å²) in [5, 5.41) is 8.73. The van der Waals surface area contributed by atoms with E-state index in [9.17, 15) is 4.79 Å². The molecule has 0 aliphatic heterocycles. The number of methoxy groups -OCH3 is 1. The van der Waals surface area contributed by atoms with Gasteiger partial charge in [-0.1, -0.05) is 28.1 Å². The maximum Gasteiger partial charge on any atom is 0.348 e. The number of carbonyl (C=O) groups is 1. The van der Waals surface area contributed by atoms with Crippen LogP contribution in [-0.4, -0.2) is 13.1 Å². The van der Waals surface area contributed by atoms with Crippen molar-refractivity contribution in [1.29, 1.82) is 5.26 Å². The largest absolute Gasteiger partial charge is 0.465 e. The molecular formula is C11H8BrNO2. The maximum atomic E-state index is 11.1. The van der Waals surface area contributed by atoms with Crippen LogP contribution in [0.3, 0.4) is 0 Å². The highest BCUT2D eigenvalue weighted by atomic mass is 79.9. The van der Waals surface area contributed by atoms with Gasteiger partial charge in [0.15, 0.2) is 0 Å². The lowest BCUT2D eigenvalue weighted by molar-refractivity contribution is -0.135. The van der Waals surface area contributed by atoms with Crippen molar-refractivity contribution in [1.82, 2.24) is 0 Å². The number of hydrogen-bond donors (Lipinski definition) is 0. The summed E-state index contributed by atoms with van der Waals surface area (Å²) in [5.41, 5.74) is 0.752. The summed E-state index contributed by atoms with van der Waals surface area (Å²) in [6.07, 6.45) is 1.48. The number of ether oxygens (including phenoxy) is 1. The molecule has 1 aromatic rings. The Hall–Kier alpha value is -1.60. The van der Waals surface area contributed by atoms with Gasteiger partial charge in [-0.2, -0.15) is 5.26 Å². The van der Waals surface area contributed by atoms with Gasteiger partial charge in [0.25, 0.3) is 0 Å². The zero-order chi connectivity index (χ0) is 11.3. The SMILES string of the molecule is COC(=O)C(C#N)=Cc1cccc(Br)c1. The molecule has 0 aliphatic carbocycles. The fourth-order valence-corrected chi connectivity index (χ4v) is 1.43. The Labute approximate surface area is 96.1 Å². The van der Waals surface area contributed by atoms with Crippen molar-refractivity contribution in [2.75, 3.05) is 7.11 Å².